The SMILES string of the molecule is c1cc2c(nc1NC1CCNC1)COCC2. The minimum absolute atomic E-state index is 0.523. The second-order valence-corrected chi connectivity index (χ2v) is 4.44. The Balaban J connectivity index is 1.74. The highest BCUT2D eigenvalue weighted by atomic mass is 16.5. The second kappa shape index (κ2) is 4.39. The van der Waals surface area contributed by atoms with Gasteiger partial charge in [-0.2, -0.15) is 0 Å². The van der Waals surface area contributed by atoms with Crippen molar-refractivity contribution < 1.29 is 4.74 Å². The molecule has 0 bridgehead atoms. The number of aromatic nitrogens is 1. The summed E-state index contributed by atoms with van der Waals surface area (Å²) in [5.74, 6) is 0.984. The molecule has 3 heterocycles. The lowest BCUT2D eigenvalue weighted by Crippen LogP contribution is -2.23. The van der Waals surface area contributed by atoms with Crippen molar-refractivity contribution in [3.63, 3.8) is 0 Å². The molecule has 4 heteroatoms. The standard InChI is InChI=1S/C12H17N3O/c1-2-12(14-10-3-5-13-7-10)15-11-8-16-6-4-9(1)11/h1-2,10,13H,3-8H2,(H,14,15). The number of pyridine rings is 1. The van der Waals surface area contributed by atoms with E-state index in [1.807, 2.05) is 0 Å². The van der Waals surface area contributed by atoms with Gasteiger partial charge in [-0.05, 0) is 31.0 Å². The Bertz CT molecular complexity index is 375. The summed E-state index contributed by atoms with van der Waals surface area (Å²) in [6.45, 7) is 3.63. The number of nitrogens with zero attached hydrogens (tertiary/aromatic N) is 1. The molecule has 0 spiro atoms. The van der Waals surface area contributed by atoms with Crippen LogP contribution in [0.2, 0.25) is 0 Å². The topological polar surface area (TPSA) is 46.2 Å². The van der Waals surface area contributed by atoms with Crippen LogP contribution in [0, 0.1) is 0 Å². The number of rotatable bonds is 2. The Morgan fingerprint density at radius 2 is 2.44 bits per heavy atom. The van der Waals surface area contributed by atoms with E-state index in [0.29, 0.717) is 12.6 Å². The zero-order valence-corrected chi connectivity index (χ0v) is 9.33. The molecule has 1 atom stereocenters. The van der Waals surface area contributed by atoms with Gasteiger partial charge in [0.05, 0.1) is 18.9 Å². The summed E-state index contributed by atoms with van der Waals surface area (Å²) in [5.41, 5.74) is 2.43. The number of nitrogens with one attached hydrogen (secondary N) is 2. The Labute approximate surface area is 95.4 Å². The van der Waals surface area contributed by atoms with Crippen molar-refractivity contribution in [3.8, 4) is 0 Å². The number of fused-ring (bicyclic) bond motifs is 1. The van der Waals surface area contributed by atoms with Crippen LogP contribution in [-0.2, 0) is 17.8 Å². The van der Waals surface area contributed by atoms with Gasteiger partial charge < -0.3 is 15.4 Å². The Morgan fingerprint density at radius 3 is 3.31 bits per heavy atom. The van der Waals surface area contributed by atoms with Gasteiger partial charge in [-0.15, -0.1) is 0 Å². The third kappa shape index (κ3) is 2.03. The maximum atomic E-state index is 5.42. The summed E-state index contributed by atoms with van der Waals surface area (Å²) in [6.07, 6.45) is 2.17. The highest BCUT2D eigenvalue weighted by Crippen LogP contribution is 2.18. The monoisotopic (exact) mass is 219 g/mol. The van der Waals surface area contributed by atoms with Gasteiger partial charge in [-0.25, -0.2) is 4.98 Å². The van der Waals surface area contributed by atoms with Crippen LogP contribution in [0.1, 0.15) is 17.7 Å². The summed E-state index contributed by atoms with van der Waals surface area (Å²) < 4.78 is 5.42. The number of hydrogen-bond acceptors (Lipinski definition) is 4. The lowest BCUT2D eigenvalue weighted by atomic mass is 10.1. The van der Waals surface area contributed by atoms with E-state index in [1.165, 1.54) is 12.0 Å². The molecule has 3 rings (SSSR count). The largest absolute Gasteiger partial charge is 0.375 e. The molecule has 4 nitrogen and oxygen atoms in total. The highest BCUT2D eigenvalue weighted by Gasteiger charge is 2.16. The Hall–Kier alpha value is -1.13. The van der Waals surface area contributed by atoms with Crippen LogP contribution in [0.15, 0.2) is 12.1 Å². The molecule has 0 aliphatic carbocycles. The molecule has 1 fully saturated rings. The van der Waals surface area contributed by atoms with E-state index in [9.17, 15) is 0 Å². The smallest absolute Gasteiger partial charge is 0.126 e. The number of ether oxygens (including phenoxy) is 1. The van der Waals surface area contributed by atoms with Crippen molar-refractivity contribution in [3.05, 3.63) is 23.4 Å². The first kappa shape index (κ1) is 10.1. The van der Waals surface area contributed by atoms with Crippen LogP contribution in [0.3, 0.4) is 0 Å². The van der Waals surface area contributed by atoms with Crippen molar-refractivity contribution in [1.82, 2.24) is 10.3 Å². The molecular weight excluding hydrogens is 202 g/mol. The maximum Gasteiger partial charge on any atom is 0.126 e. The first-order valence-corrected chi connectivity index (χ1v) is 5.95. The van der Waals surface area contributed by atoms with E-state index in [1.54, 1.807) is 0 Å². The van der Waals surface area contributed by atoms with Gasteiger partial charge in [-0.1, -0.05) is 6.07 Å². The number of hydrogen-bond donors (Lipinski definition) is 2. The molecule has 1 unspecified atom stereocenters. The third-order valence-corrected chi connectivity index (χ3v) is 3.24. The van der Waals surface area contributed by atoms with Crippen molar-refractivity contribution in [2.24, 2.45) is 0 Å². The molecule has 0 aromatic carbocycles. The van der Waals surface area contributed by atoms with E-state index in [4.69, 9.17) is 4.74 Å². The summed E-state index contributed by atoms with van der Waals surface area (Å²) in [5, 5.41) is 6.80. The van der Waals surface area contributed by atoms with Gasteiger partial charge in [-0.3, -0.25) is 0 Å². The van der Waals surface area contributed by atoms with Gasteiger partial charge in [0, 0.05) is 12.6 Å². The normalized spacial score (nSPS) is 24.1. The lowest BCUT2D eigenvalue weighted by Gasteiger charge is -2.18. The molecule has 0 amide bonds. The second-order valence-electron chi connectivity index (χ2n) is 4.44. The molecule has 0 saturated carbocycles. The molecule has 1 aromatic heterocycles. The van der Waals surface area contributed by atoms with E-state index >= 15 is 0 Å². The van der Waals surface area contributed by atoms with Crippen LogP contribution in [0.25, 0.3) is 0 Å². The Morgan fingerprint density at radius 1 is 1.44 bits per heavy atom. The zero-order chi connectivity index (χ0) is 10.8. The van der Waals surface area contributed by atoms with Crippen LogP contribution in [0.4, 0.5) is 5.82 Å². The van der Waals surface area contributed by atoms with Crippen molar-refractivity contribution in [1.29, 1.82) is 0 Å². The third-order valence-electron chi connectivity index (χ3n) is 3.24. The first-order chi connectivity index (χ1) is 7.92. The van der Waals surface area contributed by atoms with Crippen molar-refractivity contribution in [2.45, 2.75) is 25.5 Å². The van der Waals surface area contributed by atoms with Gasteiger partial charge in [0.2, 0.25) is 0 Å². The number of anilines is 1. The predicted molar refractivity (Wildman–Crippen MR) is 62.5 cm³/mol. The van der Waals surface area contributed by atoms with Crippen LogP contribution >= 0.6 is 0 Å². The molecular formula is C12H17N3O. The van der Waals surface area contributed by atoms with Gasteiger partial charge >= 0.3 is 0 Å². The van der Waals surface area contributed by atoms with Crippen LogP contribution in [-0.4, -0.2) is 30.7 Å². The maximum absolute atomic E-state index is 5.42. The molecule has 1 aromatic rings. The molecule has 16 heavy (non-hydrogen) atoms. The minimum atomic E-state index is 0.523. The summed E-state index contributed by atoms with van der Waals surface area (Å²) >= 11 is 0. The summed E-state index contributed by atoms with van der Waals surface area (Å²) in [7, 11) is 0. The van der Waals surface area contributed by atoms with E-state index in [-0.39, 0.29) is 0 Å². The average Bonchev–Trinajstić information content (AvgIpc) is 2.82. The molecule has 86 valence electrons. The van der Waals surface area contributed by atoms with Crippen LogP contribution < -0.4 is 10.6 Å². The van der Waals surface area contributed by atoms with E-state index in [2.05, 4.69) is 27.8 Å². The highest BCUT2D eigenvalue weighted by molar-refractivity contribution is 5.40. The Kier molecular flexibility index (Phi) is 2.76. The van der Waals surface area contributed by atoms with Gasteiger partial charge in [0.1, 0.15) is 5.82 Å². The molecule has 2 aliphatic rings. The van der Waals surface area contributed by atoms with Gasteiger partial charge in [0.15, 0.2) is 0 Å². The minimum Gasteiger partial charge on any atom is -0.375 e. The van der Waals surface area contributed by atoms with Crippen molar-refractivity contribution >= 4 is 5.82 Å². The van der Waals surface area contributed by atoms with Crippen molar-refractivity contribution in [2.75, 3.05) is 25.0 Å². The zero-order valence-electron chi connectivity index (χ0n) is 9.33. The van der Waals surface area contributed by atoms with Crippen LogP contribution in [0.5, 0.6) is 0 Å². The lowest BCUT2D eigenvalue weighted by molar-refractivity contribution is 0.107. The summed E-state index contributed by atoms with van der Waals surface area (Å²) in [4.78, 5) is 4.61. The fraction of sp³-hybridized carbons (Fsp3) is 0.583. The molecule has 0 radical (unpaired) electrons. The fourth-order valence-corrected chi connectivity index (χ4v) is 2.30. The van der Waals surface area contributed by atoms with Gasteiger partial charge in [0.25, 0.3) is 0 Å². The molecule has 1 saturated heterocycles. The average molecular weight is 219 g/mol. The molecule has 2 aliphatic heterocycles. The fourth-order valence-electron chi connectivity index (χ4n) is 2.30. The molecule has 2 N–H and O–H groups in total. The van der Waals surface area contributed by atoms with E-state index < -0.39 is 0 Å². The summed E-state index contributed by atoms with van der Waals surface area (Å²) in [6, 6.07) is 4.79. The van der Waals surface area contributed by atoms with E-state index in [0.717, 1.165) is 37.6 Å². The first-order valence-electron chi connectivity index (χ1n) is 5.95. The quantitative estimate of drug-likeness (QED) is 0.776. The predicted octanol–water partition coefficient (Wildman–Crippen LogP) is 0.928.